The molecule has 238 valence electrons. The van der Waals surface area contributed by atoms with Gasteiger partial charge in [0.15, 0.2) is 0 Å². The number of aliphatic hydroxyl groups excluding tert-OH is 1. The number of carbonyl (C=O) groups excluding carboxylic acids is 4. The molecule has 2 N–H and O–H groups in total. The lowest BCUT2D eigenvalue weighted by molar-refractivity contribution is -0.162. The zero-order chi connectivity index (χ0) is 31.3. The van der Waals surface area contributed by atoms with Crippen LogP contribution in [0.3, 0.4) is 0 Å². The van der Waals surface area contributed by atoms with E-state index in [1.807, 2.05) is 60.7 Å². The van der Waals surface area contributed by atoms with Crippen LogP contribution in [0.1, 0.15) is 31.4 Å². The first-order chi connectivity index (χ1) is 21.2. The van der Waals surface area contributed by atoms with Gasteiger partial charge in [-0.05, 0) is 25.0 Å². The standard InChI is InChI=1S/C32H42N4O7S/c1-32(2)29(30(40)43-22-25-11-7-4-8-12-25)36-27(39)19-28(36)44(32,23-37)31(41)35(20-24-9-5-3-6-10-24)21-26(38)33-13-14-34-15-17-42-18-16-34/h3-12,28-29,37H,13-23H2,1-2H3,(H,33,38)/t28-,29+/m1/s1. The first-order valence-electron chi connectivity index (χ1n) is 15.0. The van der Waals surface area contributed by atoms with Crippen LogP contribution in [0.2, 0.25) is 0 Å². The molecule has 3 saturated heterocycles. The molecule has 3 atom stereocenters. The van der Waals surface area contributed by atoms with Crippen LogP contribution < -0.4 is 5.32 Å². The zero-order valence-corrected chi connectivity index (χ0v) is 26.2. The maximum atomic E-state index is 14.7. The molecule has 2 aromatic carbocycles. The molecule has 11 nitrogen and oxygen atoms in total. The molecule has 12 heteroatoms. The average Bonchev–Trinajstić information content (AvgIpc) is 3.20. The molecule has 0 spiro atoms. The van der Waals surface area contributed by atoms with Crippen molar-refractivity contribution >= 4 is 33.1 Å². The summed E-state index contributed by atoms with van der Waals surface area (Å²) in [4.78, 5) is 59.6. The van der Waals surface area contributed by atoms with Gasteiger partial charge < -0.3 is 29.7 Å². The van der Waals surface area contributed by atoms with Gasteiger partial charge in [0, 0.05) is 37.5 Å². The average molecular weight is 627 g/mol. The monoisotopic (exact) mass is 626 g/mol. The number of aliphatic hydroxyl groups is 1. The molecule has 0 aliphatic carbocycles. The molecule has 3 heterocycles. The molecule has 0 saturated carbocycles. The Bertz CT molecular complexity index is 1340. The van der Waals surface area contributed by atoms with E-state index in [2.05, 4.69) is 10.2 Å². The van der Waals surface area contributed by atoms with Gasteiger partial charge in [0.2, 0.25) is 11.8 Å². The van der Waals surface area contributed by atoms with Gasteiger partial charge in [-0.15, -0.1) is 10.0 Å². The molecule has 5 rings (SSSR count). The molecule has 2 aromatic rings. The number of fused-ring (bicyclic) bond motifs is 1. The molecular formula is C32H42N4O7S. The van der Waals surface area contributed by atoms with Gasteiger partial charge in [-0.3, -0.25) is 19.3 Å². The van der Waals surface area contributed by atoms with Crippen molar-refractivity contribution in [1.82, 2.24) is 20.0 Å². The molecule has 0 bridgehead atoms. The van der Waals surface area contributed by atoms with Crippen LogP contribution in [0.5, 0.6) is 0 Å². The van der Waals surface area contributed by atoms with Crippen molar-refractivity contribution < 1.29 is 33.8 Å². The van der Waals surface area contributed by atoms with Crippen molar-refractivity contribution in [1.29, 1.82) is 0 Å². The van der Waals surface area contributed by atoms with Crippen LogP contribution in [-0.2, 0) is 37.0 Å². The number of hydrogen-bond donors (Lipinski definition) is 2. The molecule has 0 unspecified atom stereocenters. The summed E-state index contributed by atoms with van der Waals surface area (Å²) in [5, 5.41) is 13.0. The van der Waals surface area contributed by atoms with E-state index < -0.39 is 43.3 Å². The van der Waals surface area contributed by atoms with Gasteiger partial charge in [0.1, 0.15) is 19.2 Å². The van der Waals surface area contributed by atoms with Crippen molar-refractivity contribution in [3.8, 4) is 0 Å². The van der Waals surface area contributed by atoms with Gasteiger partial charge in [-0.1, -0.05) is 60.7 Å². The number of esters is 1. The van der Waals surface area contributed by atoms with E-state index in [1.165, 1.54) is 9.80 Å². The molecule has 3 amide bonds. The fourth-order valence-corrected chi connectivity index (χ4v) is 10.7. The Labute approximate surface area is 259 Å². The lowest BCUT2D eigenvalue weighted by Crippen LogP contribution is -2.57. The lowest BCUT2D eigenvalue weighted by Gasteiger charge is -2.50. The second-order valence-corrected chi connectivity index (χ2v) is 15.7. The number of benzene rings is 2. The number of hydrogen-bond acceptors (Lipinski definition) is 8. The van der Waals surface area contributed by atoms with E-state index in [-0.39, 0.29) is 37.9 Å². The van der Waals surface area contributed by atoms with Gasteiger partial charge in [-0.25, -0.2) is 4.79 Å². The van der Waals surface area contributed by atoms with E-state index in [0.29, 0.717) is 26.3 Å². The largest absolute Gasteiger partial charge is 0.459 e. The molecule has 3 aliphatic rings. The van der Waals surface area contributed by atoms with Crippen molar-refractivity contribution in [2.75, 3.05) is 51.9 Å². The minimum Gasteiger partial charge on any atom is -0.459 e. The predicted octanol–water partition coefficient (Wildman–Crippen LogP) is 2.27. The Morgan fingerprint density at radius 3 is 2.30 bits per heavy atom. The fourth-order valence-electron chi connectivity index (χ4n) is 6.41. The summed E-state index contributed by atoms with van der Waals surface area (Å²) in [6.45, 7) is 7.51. The Morgan fingerprint density at radius 1 is 1.05 bits per heavy atom. The summed E-state index contributed by atoms with van der Waals surface area (Å²) in [6, 6.07) is 17.5. The van der Waals surface area contributed by atoms with Crippen LogP contribution in [0.25, 0.3) is 0 Å². The Morgan fingerprint density at radius 2 is 1.68 bits per heavy atom. The summed E-state index contributed by atoms with van der Waals surface area (Å²) in [5.74, 6) is -1.69. The Kier molecular flexibility index (Phi) is 9.94. The van der Waals surface area contributed by atoms with Crippen molar-refractivity contribution in [3.63, 3.8) is 0 Å². The Hall–Kier alpha value is -3.45. The number of nitrogens with zero attached hydrogens (tertiary/aromatic N) is 3. The number of rotatable bonds is 11. The first-order valence-corrected chi connectivity index (χ1v) is 16.9. The van der Waals surface area contributed by atoms with Gasteiger partial charge in [0.05, 0.1) is 30.9 Å². The second kappa shape index (κ2) is 13.7. The van der Waals surface area contributed by atoms with Crippen molar-refractivity contribution in [2.24, 2.45) is 0 Å². The van der Waals surface area contributed by atoms with E-state index in [4.69, 9.17) is 9.47 Å². The highest BCUT2D eigenvalue weighted by Gasteiger charge is 2.72. The number of carbonyl (C=O) groups is 4. The van der Waals surface area contributed by atoms with Crippen LogP contribution in [0.4, 0.5) is 4.79 Å². The minimum atomic E-state index is -2.77. The smallest absolute Gasteiger partial charge is 0.330 e. The highest BCUT2D eigenvalue weighted by molar-refractivity contribution is 8.46. The van der Waals surface area contributed by atoms with Crippen molar-refractivity contribution in [2.45, 2.75) is 49.6 Å². The minimum absolute atomic E-state index is 0.0269. The van der Waals surface area contributed by atoms with E-state index in [9.17, 15) is 24.3 Å². The molecule has 3 fully saturated rings. The van der Waals surface area contributed by atoms with Gasteiger partial charge in [-0.2, -0.15) is 0 Å². The molecular weight excluding hydrogens is 584 g/mol. The molecule has 44 heavy (non-hydrogen) atoms. The Balaban J connectivity index is 1.37. The summed E-state index contributed by atoms with van der Waals surface area (Å²) in [5.41, 5.74) is 1.62. The third-order valence-corrected chi connectivity index (χ3v) is 13.6. The van der Waals surface area contributed by atoms with Crippen LogP contribution in [0, 0.1) is 0 Å². The number of amides is 3. The van der Waals surface area contributed by atoms with Gasteiger partial charge in [0.25, 0.3) is 5.24 Å². The van der Waals surface area contributed by atoms with Crippen LogP contribution >= 0.6 is 10.0 Å². The zero-order valence-electron chi connectivity index (χ0n) is 25.4. The highest BCUT2D eigenvalue weighted by Crippen LogP contribution is 2.74. The number of morpholine rings is 1. The SMILES string of the molecule is CC1(C)[C@H](C(=O)OCc2ccccc2)N2C(=O)C[C@H]2[S@@]1(CO)C(=O)N(CC(=O)NCCN1CCOCC1)Cc1ccccc1. The quantitative estimate of drug-likeness (QED) is 0.287. The van der Waals surface area contributed by atoms with E-state index >= 15 is 0 Å². The lowest BCUT2D eigenvalue weighted by atomic mass is 9.98. The second-order valence-electron chi connectivity index (χ2n) is 11.9. The molecule has 0 aromatic heterocycles. The van der Waals surface area contributed by atoms with E-state index in [1.54, 1.807) is 13.8 Å². The van der Waals surface area contributed by atoms with Crippen LogP contribution in [-0.4, -0.2) is 111 Å². The summed E-state index contributed by atoms with van der Waals surface area (Å²) in [6.07, 6.45) is 0.0540. The topological polar surface area (TPSA) is 129 Å². The third-order valence-electron chi connectivity index (χ3n) is 8.91. The third kappa shape index (κ3) is 6.21. The number of nitrogens with one attached hydrogen (secondary N) is 1. The molecule has 3 aliphatic heterocycles. The van der Waals surface area contributed by atoms with Crippen molar-refractivity contribution in [3.05, 3.63) is 71.8 Å². The van der Waals surface area contributed by atoms with Crippen LogP contribution in [0.15, 0.2) is 60.7 Å². The van der Waals surface area contributed by atoms with E-state index in [0.717, 1.165) is 24.2 Å². The summed E-state index contributed by atoms with van der Waals surface area (Å²) < 4.78 is 9.95. The number of β-lactam (4-membered cyclic amide) rings is 1. The fraction of sp³-hybridized carbons (Fsp3) is 0.500. The van der Waals surface area contributed by atoms with Gasteiger partial charge >= 0.3 is 5.97 Å². The highest BCUT2D eigenvalue weighted by atomic mass is 32.3. The maximum absolute atomic E-state index is 14.7. The summed E-state index contributed by atoms with van der Waals surface area (Å²) >= 11 is 0. The first kappa shape index (κ1) is 32.0. The normalized spacial score (nSPS) is 24.2. The number of ether oxygens (including phenoxy) is 2. The predicted molar refractivity (Wildman–Crippen MR) is 167 cm³/mol. The maximum Gasteiger partial charge on any atom is 0.330 e. The summed E-state index contributed by atoms with van der Waals surface area (Å²) in [7, 11) is -2.77. The molecule has 0 radical (unpaired) electrons.